The molecule has 3 aromatic heterocycles. The number of aromatic nitrogens is 3. The fraction of sp³-hybridized carbons (Fsp3) is 0.174. The van der Waals surface area contributed by atoms with Crippen LogP contribution in [0.1, 0.15) is 36.3 Å². The molecule has 0 saturated heterocycles. The number of aromatic amines is 2. The van der Waals surface area contributed by atoms with E-state index < -0.39 is 24.4 Å². The van der Waals surface area contributed by atoms with Crippen molar-refractivity contribution in [2.45, 2.75) is 19.8 Å². The van der Waals surface area contributed by atoms with E-state index in [2.05, 4.69) is 15.0 Å². The number of aromatic carboxylic acids is 1. The van der Waals surface area contributed by atoms with Crippen LogP contribution in [0.3, 0.4) is 0 Å². The van der Waals surface area contributed by atoms with Gasteiger partial charge in [-0.1, -0.05) is 0 Å². The first-order valence-corrected chi connectivity index (χ1v) is 11.1. The minimum Gasteiger partial charge on any atom is -0.480 e. The highest BCUT2D eigenvalue weighted by Crippen LogP contribution is 2.25. The van der Waals surface area contributed by atoms with Crippen LogP contribution < -0.4 is 10.5 Å². The molecule has 0 saturated carbocycles. The number of fused-ring (bicyclic) bond motifs is 1. The van der Waals surface area contributed by atoms with Crippen molar-refractivity contribution in [1.82, 2.24) is 15.0 Å². The quantitative estimate of drug-likeness (QED) is 0.302. The van der Waals surface area contributed by atoms with Crippen molar-refractivity contribution in [3.05, 3.63) is 79.7 Å². The summed E-state index contributed by atoms with van der Waals surface area (Å²) in [5, 5.41) is 18.9. The maximum Gasteiger partial charge on any atom is 0.335 e. The third-order valence-corrected chi connectivity index (χ3v) is 6.35. The Hall–Kier alpha value is -4.25. The van der Waals surface area contributed by atoms with E-state index >= 15 is 0 Å². The van der Waals surface area contributed by atoms with Crippen molar-refractivity contribution in [1.29, 1.82) is 0 Å². The molecule has 1 aromatic carbocycles. The zero-order valence-electron chi connectivity index (χ0n) is 18.0. The normalized spacial score (nSPS) is 11.0. The lowest BCUT2D eigenvalue weighted by Gasteiger charge is -2.20. The van der Waals surface area contributed by atoms with Crippen LogP contribution in [0.2, 0.25) is 0 Å². The molecule has 0 aliphatic heterocycles. The molecule has 4 rings (SSSR count). The molecule has 0 fully saturated rings. The molecule has 3 heterocycles. The molecule has 0 unspecified atom stereocenters. The van der Waals surface area contributed by atoms with Crippen LogP contribution in [0.25, 0.3) is 11.0 Å². The molecule has 0 aliphatic carbocycles. The van der Waals surface area contributed by atoms with Crippen molar-refractivity contribution >= 4 is 45.9 Å². The number of hydrogen-bond donors (Lipinski definition) is 4. The van der Waals surface area contributed by atoms with Crippen molar-refractivity contribution in [3.8, 4) is 0 Å². The van der Waals surface area contributed by atoms with Crippen molar-refractivity contribution in [2.75, 3.05) is 11.4 Å². The Morgan fingerprint density at radius 2 is 1.79 bits per heavy atom. The van der Waals surface area contributed by atoms with Gasteiger partial charge < -0.3 is 20.2 Å². The minimum absolute atomic E-state index is 0.0337. The van der Waals surface area contributed by atoms with E-state index in [0.29, 0.717) is 34.6 Å². The van der Waals surface area contributed by atoms with Gasteiger partial charge in [0.15, 0.2) is 0 Å². The molecule has 11 heteroatoms. The van der Waals surface area contributed by atoms with E-state index in [9.17, 15) is 24.3 Å². The van der Waals surface area contributed by atoms with Crippen LogP contribution in [-0.2, 0) is 17.6 Å². The number of nitrogens with zero attached hydrogens (tertiary/aromatic N) is 2. The standard InChI is InChI=1S/C23H20N4O6S/c1-12-25-20-19(21(30)26-12)14(10-24-20)4-7-16-8-9-17(34-16)22(31)27(11-18(28)29)15-5-2-13(3-6-15)23(32)33/h2-3,5-6,8-10H,4,7,11H2,1H3,(H,28,29)(H,32,33)(H2,24,25,26,30). The van der Waals surface area contributed by atoms with Crippen molar-refractivity contribution < 1.29 is 24.6 Å². The van der Waals surface area contributed by atoms with Gasteiger partial charge in [0.05, 0.1) is 15.8 Å². The van der Waals surface area contributed by atoms with E-state index in [-0.39, 0.29) is 16.8 Å². The molecule has 1 amide bonds. The number of rotatable bonds is 8. The summed E-state index contributed by atoms with van der Waals surface area (Å²) in [6, 6.07) is 8.88. The highest BCUT2D eigenvalue weighted by atomic mass is 32.1. The highest BCUT2D eigenvalue weighted by Gasteiger charge is 2.22. The molecule has 174 valence electrons. The summed E-state index contributed by atoms with van der Waals surface area (Å²) in [5.74, 6) is -2.28. The number of hydrogen-bond acceptors (Lipinski definition) is 6. The van der Waals surface area contributed by atoms with Gasteiger partial charge in [-0.3, -0.25) is 19.3 Å². The number of H-pyrrole nitrogens is 2. The molecule has 0 radical (unpaired) electrons. The van der Waals surface area contributed by atoms with E-state index in [0.717, 1.165) is 15.3 Å². The average Bonchev–Trinajstić information content (AvgIpc) is 3.42. The van der Waals surface area contributed by atoms with Gasteiger partial charge in [0.25, 0.3) is 11.5 Å². The Kier molecular flexibility index (Phi) is 6.28. The minimum atomic E-state index is -1.19. The molecule has 0 spiro atoms. The number of thiophene rings is 1. The maximum absolute atomic E-state index is 13.1. The van der Waals surface area contributed by atoms with Crippen LogP contribution >= 0.6 is 11.3 Å². The summed E-state index contributed by atoms with van der Waals surface area (Å²) in [6.07, 6.45) is 2.88. The Morgan fingerprint density at radius 1 is 1.06 bits per heavy atom. The zero-order chi connectivity index (χ0) is 24.4. The van der Waals surface area contributed by atoms with E-state index in [1.54, 1.807) is 25.3 Å². The summed E-state index contributed by atoms with van der Waals surface area (Å²) in [7, 11) is 0. The zero-order valence-corrected chi connectivity index (χ0v) is 18.8. The fourth-order valence-corrected chi connectivity index (χ4v) is 4.59. The molecule has 34 heavy (non-hydrogen) atoms. The maximum atomic E-state index is 13.1. The summed E-state index contributed by atoms with van der Waals surface area (Å²) in [5.41, 5.74) is 1.45. The number of amides is 1. The summed E-state index contributed by atoms with van der Waals surface area (Å²) in [6.45, 7) is 1.14. The Balaban J connectivity index is 1.52. The van der Waals surface area contributed by atoms with Gasteiger partial charge in [0.2, 0.25) is 0 Å². The summed E-state index contributed by atoms with van der Waals surface area (Å²) in [4.78, 5) is 60.2. The second kappa shape index (κ2) is 9.32. The first-order valence-electron chi connectivity index (χ1n) is 10.3. The molecule has 4 N–H and O–H groups in total. The molecular formula is C23H20N4O6S. The van der Waals surface area contributed by atoms with Crippen LogP contribution in [-0.4, -0.2) is 49.6 Å². The number of carbonyl (C=O) groups excluding carboxylic acids is 1. The molecule has 0 aliphatic rings. The SMILES string of the molecule is Cc1nc2[nH]cc(CCc3ccc(C(=O)N(CC(=O)O)c4ccc(C(=O)O)cc4)s3)c2c(=O)[nH]1. The Morgan fingerprint density at radius 3 is 2.47 bits per heavy atom. The lowest BCUT2D eigenvalue weighted by molar-refractivity contribution is -0.135. The number of aryl methyl sites for hydroxylation is 3. The molecule has 0 bridgehead atoms. The molecule has 0 atom stereocenters. The monoisotopic (exact) mass is 480 g/mol. The third kappa shape index (κ3) is 4.74. The molecule has 4 aromatic rings. The lowest BCUT2D eigenvalue weighted by Crippen LogP contribution is -2.35. The van der Waals surface area contributed by atoms with Crippen LogP contribution in [0.5, 0.6) is 0 Å². The number of aliphatic carboxylic acids is 1. The van der Waals surface area contributed by atoms with Crippen molar-refractivity contribution in [3.63, 3.8) is 0 Å². The third-order valence-electron chi connectivity index (χ3n) is 5.22. The Bertz CT molecular complexity index is 1450. The number of carboxylic acid groups (broad SMARTS) is 2. The second-order valence-corrected chi connectivity index (χ2v) is 8.76. The van der Waals surface area contributed by atoms with Gasteiger partial charge in [-0.2, -0.15) is 0 Å². The van der Waals surface area contributed by atoms with Crippen LogP contribution in [0, 0.1) is 6.92 Å². The van der Waals surface area contributed by atoms with Gasteiger partial charge in [-0.25, -0.2) is 9.78 Å². The van der Waals surface area contributed by atoms with E-state index in [1.807, 2.05) is 0 Å². The van der Waals surface area contributed by atoms with Gasteiger partial charge >= 0.3 is 11.9 Å². The van der Waals surface area contributed by atoms with E-state index in [1.165, 1.54) is 35.6 Å². The second-order valence-electron chi connectivity index (χ2n) is 7.59. The predicted molar refractivity (Wildman–Crippen MR) is 126 cm³/mol. The predicted octanol–water partition coefficient (Wildman–Crippen LogP) is 2.84. The topological polar surface area (TPSA) is 156 Å². The van der Waals surface area contributed by atoms with Crippen molar-refractivity contribution in [2.24, 2.45) is 0 Å². The van der Waals surface area contributed by atoms with Gasteiger partial charge in [-0.05, 0) is 61.7 Å². The summed E-state index contributed by atoms with van der Waals surface area (Å²) >= 11 is 1.24. The summed E-state index contributed by atoms with van der Waals surface area (Å²) < 4.78 is 0. The number of nitrogens with one attached hydrogen (secondary N) is 2. The largest absolute Gasteiger partial charge is 0.480 e. The van der Waals surface area contributed by atoms with Crippen LogP contribution in [0.15, 0.2) is 47.4 Å². The molecular weight excluding hydrogens is 460 g/mol. The smallest absolute Gasteiger partial charge is 0.335 e. The van der Waals surface area contributed by atoms with Gasteiger partial charge in [-0.15, -0.1) is 11.3 Å². The fourth-order valence-electron chi connectivity index (χ4n) is 3.63. The Labute approximate surface area is 196 Å². The number of benzene rings is 1. The number of anilines is 1. The van der Waals surface area contributed by atoms with Gasteiger partial charge in [0.1, 0.15) is 18.0 Å². The average molecular weight is 481 g/mol. The van der Waals surface area contributed by atoms with Crippen LogP contribution in [0.4, 0.5) is 5.69 Å². The first-order chi connectivity index (χ1) is 16.2. The van der Waals surface area contributed by atoms with E-state index in [4.69, 9.17) is 5.11 Å². The number of carbonyl (C=O) groups is 3. The molecule has 10 nitrogen and oxygen atoms in total. The van der Waals surface area contributed by atoms with Gasteiger partial charge in [0, 0.05) is 16.8 Å². The lowest BCUT2D eigenvalue weighted by atomic mass is 10.1. The highest BCUT2D eigenvalue weighted by molar-refractivity contribution is 7.14. The number of carboxylic acids is 2. The first kappa shape index (κ1) is 22.9.